The number of aryl methyl sites for hydroxylation is 1. The zero-order chi connectivity index (χ0) is 15.5. The molecular weight excluding hydrogens is 298 g/mol. The Bertz CT molecular complexity index is 650. The maximum absolute atomic E-state index is 12.6. The van der Waals surface area contributed by atoms with Crippen LogP contribution in [0.1, 0.15) is 41.6 Å². The molecule has 1 fully saturated rings. The predicted molar refractivity (Wildman–Crippen MR) is 87.2 cm³/mol. The van der Waals surface area contributed by atoms with E-state index in [0.29, 0.717) is 11.5 Å². The minimum absolute atomic E-state index is 0.0818. The highest BCUT2D eigenvalue weighted by atomic mass is 35.5. The molecule has 4 nitrogen and oxygen atoms in total. The minimum atomic E-state index is 0.0818. The van der Waals surface area contributed by atoms with Gasteiger partial charge in [0.1, 0.15) is 0 Å². The first-order valence-corrected chi connectivity index (χ1v) is 8.12. The first-order chi connectivity index (χ1) is 10.7. The lowest BCUT2D eigenvalue weighted by molar-refractivity contribution is 0.0707. The van der Waals surface area contributed by atoms with Crippen LogP contribution in [0, 0.1) is 0 Å². The highest BCUT2D eigenvalue weighted by Gasteiger charge is 2.26. The molecule has 2 aromatic rings. The predicted octanol–water partition coefficient (Wildman–Crippen LogP) is 3.58. The maximum Gasteiger partial charge on any atom is 0.257 e. The fraction of sp³-hybridized carbons (Fsp3) is 0.412. The molecule has 5 heteroatoms. The summed E-state index contributed by atoms with van der Waals surface area (Å²) in [5.41, 5.74) is 1.93. The quantitative estimate of drug-likeness (QED) is 0.868. The van der Waals surface area contributed by atoms with Crippen molar-refractivity contribution in [1.82, 2.24) is 14.7 Å². The van der Waals surface area contributed by atoms with Gasteiger partial charge in [-0.3, -0.25) is 9.48 Å². The Hall–Kier alpha value is -1.81. The van der Waals surface area contributed by atoms with Crippen LogP contribution >= 0.6 is 11.6 Å². The summed E-state index contributed by atoms with van der Waals surface area (Å²) < 4.78 is 1.79. The molecule has 0 N–H and O–H groups in total. The third kappa shape index (κ3) is 3.17. The SMILES string of the molecule is CCn1cc(C(=O)N2CCCC(c3ccc(Cl)cc3)C2)cn1. The van der Waals surface area contributed by atoms with Gasteiger partial charge in [0.15, 0.2) is 0 Å². The summed E-state index contributed by atoms with van der Waals surface area (Å²) in [6, 6.07) is 7.97. The van der Waals surface area contributed by atoms with Crippen LogP contribution in [0.4, 0.5) is 0 Å². The van der Waals surface area contributed by atoms with E-state index in [9.17, 15) is 4.79 Å². The Morgan fingerprint density at radius 1 is 1.36 bits per heavy atom. The third-order valence-electron chi connectivity index (χ3n) is 4.25. The van der Waals surface area contributed by atoms with Crippen molar-refractivity contribution in [2.45, 2.75) is 32.2 Å². The summed E-state index contributed by atoms with van der Waals surface area (Å²) in [6.07, 6.45) is 5.63. The summed E-state index contributed by atoms with van der Waals surface area (Å²) in [4.78, 5) is 14.6. The number of piperidine rings is 1. The second kappa shape index (κ2) is 6.53. The second-order valence-electron chi connectivity index (χ2n) is 5.73. The van der Waals surface area contributed by atoms with E-state index >= 15 is 0 Å². The van der Waals surface area contributed by atoms with Crippen molar-refractivity contribution in [1.29, 1.82) is 0 Å². The maximum atomic E-state index is 12.6. The second-order valence-corrected chi connectivity index (χ2v) is 6.16. The van der Waals surface area contributed by atoms with Gasteiger partial charge in [-0.25, -0.2) is 0 Å². The molecule has 1 aromatic heterocycles. The molecule has 1 aliphatic rings. The van der Waals surface area contributed by atoms with Crippen molar-refractivity contribution in [3.05, 3.63) is 52.8 Å². The van der Waals surface area contributed by atoms with Crippen molar-refractivity contribution in [2.24, 2.45) is 0 Å². The lowest BCUT2D eigenvalue weighted by Crippen LogP contribution is -2.39. The van der Waals surface area contributed by atoms with Gasteiger partial charge in [0.2, 0.25) is 0 Å². The standard InChI is InChI=1S/C17H20ClN3O/c1-2-21-12-15(10-19-21)17(22)20-9-3-4-14(11-20)13-5-7-16(18)8-6-13/h5-8,10,12,14H,2-4,9,11H2,1H3. The van der Waals surface area contributed by atoms with Gasteiger partial charge < -0.3 is 4.90 Å². The van der Waals surface area contributed by atoms with Crippen LogP contribution in [-0.2, 0) is 6.54 Å². The van der Waals surface area contributed by atoms with Gasteiger partial charge in [0.25, 0.3) is 5.91 Å². The molecule has 3 rings (SSSR count). The van der Waals surface area contributed by atoms with Crippen molar-refractivity contribution >= 4 is 17.5 Å². The van der Waals surface area contributed by atoms with Crippen LogP contribution in [0.15, 0.2) is 36.7 Å². The van der Waals surface area contributed by atoms with Gasteiger partial charge in [-0.1, -0.05) is 23.7 Å². The zero-order valence-electron chi connectivity index (χ0n) is 12.7. The zero-order valence-corrected chi connectivity index (χ0v) is 13.5. The molecule has 22 heavy (non-hydrogen) atoms. The number of benzene rings is 1. The van der Waals surface area contributed by atoms with E-state index in [-0.39, 0.29) is 5.91 Å². The molecule has 0 radical (unpaired) electrons. The molecule has 1 amide bonds. The number of rotatable bonds is 3. The third-order valence-corrected chi connectivity index (χ3v) is 4.51. The van der Waals surface area contributed by atoms with E-state index in [2.05, 4.69) is 17.2 Å². The van der Waals surface area contributed by atoms with Crippen LogP contribution in [0.5, 0.6) is 0 Å². The van der Waals surface area contributed by atoms with E-state index in [1.165, 1.54) is 5.56 Å². The average molecular weight is 318 g/mol. The summed E-state index contributed by atoms with van der Waals surface area (Å²) in [5, 5.41) is 4.94. The number of aromatic nitrogens is 2. The van der Waals surface area contributed by atoms with Crippen LogP contribution in [-0.4, -0.2) is 33.7 Å². The Kier molecular flexibility index (Phi) is 4.48. The van der Waals surface area contributed by atoms with Crippen molar-refractivity contribution in [3.63, 3.8) is 0 Å². The Morgan fingerprint density at radius 3 is 2.82 bits per heavy atom. The van der Waals surface area contributed by atoms with Gasteiger partial charge in [-0.2, -0.15) is 5.10 Å². The fourth-order valence-electron chi connectivity index (χ4n) is 3.00. The molecule has 2 heterocycles. The van der Waals surface area contributed by atoms with Crippen LogP contribution in [0.2, 0.25) is 5.02 Å². The molecule has 0 spiro atoms. The van der Waals surface area contributed by atoms with E-state index < -0.39 is 0 Å². The molecule has 1 atom stereocenters. The molecule has 116 valence electrons. The highest BCUT2D eigenvalue weighted by Crippen LogP contribution is 2.28. The summed E-state index contributed by atoms with van der Waals surface area (Å²) in [7, 11) is 0. The van der Waals surface area contributed by atoms with Gasteiger partial charge in [0.05, 0.1) is 11.8 Å². The monoisotopic (exact) mass is 317 g/mol. The number of likely N-dealkylation sites (tertiary alicyclic amines) is 1. The number of carbonyl (C=O) groups excluding carboxylic acids is 1. The summed E-state index contributed by atoms with van der Waals surface area (Å²) in [5.74, 6) is 0.467. The molecule has 1 unspecified atom stereocenters. The summed E-state index contributed by atoms with van der Waals surface area (Å²) >= 11 is 5.95. The summed E-state index contributed by atoms with van der Waals surface area (Å²) in [6.45, 7) is 4.37. The van der Waals surface area contributed by atoms with Gasteiger partial charge in [-0.15, -0.1) is 0 Å². The molecular formula is C17H20ClN3O. The topological polar surface area (TPSA) is 38.1 Å². The number of amides is 1. The number of hydrogen-bond acceptors (Lipinski definition) is 2. The Labute approximate surface area is 135 Å². The number of carbonyl (C=O) groups is 1. The van der Waals surface area contributed by atoms with E-state index in [1.807, 2.05) is 30.2 Å². The van der Waals surface area contributed by atoms with Crippen LogP contribution in [0.3, 0.4) is 0 Å². The van der Waals surface area contributed by atoms with Crippen LogP contribution in [0.25, 0.3) is 0 Å². The highest BCUT2D eigenvalue weighted by molar-refractivity contribution is 6.30. The molecule has 1 aromatic carbocycles. The minimum Gasteiger partial charge on any atom is -0.338 e. The smallest absolute Gasteiger partial charge is 0.257 e. The lowest BCUT2D eigenvalue weighted by atomic mass is 9.90. The van der Waals surface area contributed by atoms with E-state index in [0.717, 1.165) is 37.5 Å². The molecule has 0 saturated carbocycles. The largest absolute Gasteiger partial charge is 0.338 e. The molecule has 1 saturated heterocycles. The van der Waals surface area contributed by atoms with Crippen molar-refractivity contribution < 1.29 is 4.79 Å². The van der Waals surface area contributed by atoms with E-state index in [4.69, 9.17) is 11.6 Å². The average Bonchev–Trinajstić information content (AvgIpc) is 3.04. The number of nitrogens with zero attached hydrogens (tertiary/aromatic N) is 3. The normalized spacial score (nSPS) is 18.5. The van der Waals surface area contributed by atoms with Crippen molar-refractivity contribution in [2.75, 3.05) is 13.1 Å². The number of hydrogen-bond donors (Lipinski definition) is 0. The van der Waals surface area contributed by atoms with Crippen molar-refractivity contribution in [3.8, 4) is 0 Å². The Balaban J connectivity index is 1.72. The lowest BCUT2D eigenvalue weighted by Gasteiger charge is -2.32. The van der Waals surface area contributed by atoms with E-state index in [1.54, 1.807) is 10.9 Å². The fourth-order valence-corrected chi connectivity index (χ4v) is 3.12. The molecule has 0 bridgehead atoms. The molecule has 0 aliphatic carbocycles. The first-order valence-electron chi connectivity index (χ1n) is 7.74. The molecule has 1 aliphatic heterocycles. The Morgan fingerprint density at radius 2 is 2.14 bits per heavy atom. The van der Waals surface area contributed by atoms with Gasteiger partial charge in [-0.05, 0) is 37.5 Å². The van der Waals surface area contributed by atoms with Crippen LogP contribution < -0.4 is 0 Å². The van der Waals surface area contributed by atoms with Gasteiger partial charge >= 0.3 is 0 Å². The first kappa shape index (κ1) is 15.1. The number of halogens is 1. The van der Waals surface area contributed by atoms with Gasteiger partial charge in [0, 0.05) is 36.8 Å².